The molecule has 1 aromatic carbocycles. The summed E-state index contributed by atoms with van der Waals surface area (Å²) in [5.41, 5.74) is 1.86. The van der Waals surface area contributed by atoms with Gasteiger partial charge in [0.05, 0.1) is 0 Å². The minimum Gasteiger partial charge on any atom is -0.378 e. The topological polar surface area (TPSA) is 85.4 Å². The zero-order valence-electron chi connectivity index (χ0n) is 14.8. The van der Waals surface area contributed by atoms with Gasteiger partial charge in [0.1, 0.15) is 10.8 Å². The van der Waals surface area contributed by atoms with E-state index in [0.717, 1.165) is 32.5 Å². The van der Waals surface area contributed by atoms with Crippen LogP contribution >= 0.6 is 22.7 Å². The summed E-state index contributed by atoms with van der Waals surface area (Å²) < 4.78 is 30.3. The average Bonchev–Trinajstić information content (AvgIpc) is 3.25. The van der Waals surface area contributed by atoms with Crippen molar-refractivity contribution in [3.63, 3.8) is 0 Å². The van der Waals surface area contributed by atoms with E-state index in [1.807, 2.05) is 12.3 Å². The zero-order chi connectivity index (χ0) is 19.4. The van der Waals surface area contributed by atoms with Gasteiger partial charge in [0, 0.05) is 35.0 Å². The number of thiazole rings is 1. The Kier molecular flexibility index (Phi) is 5.93. The first-order chi connectivity index (χ1) is 12.8. The molecular weight excluding hydrogens is 404 g/mol. The first-order valence-electron chi connectivity index (χ1n) is 8.14. The van der Waals surface area contributed by atoms with Crippen molar-refractivity contribution in [2.24, 2.45) is 0 Å². The van der Waals surface area contributed by atoms with E-state index in [9.17, 15) is 13.2 Å². The van der Waals surface area contributed by atoms with Gasteiger partial charge in [0.25, 0.3) is 0 Å². The number of hydrogen-bond acceptors (Lipinski definition) is 7. The lowest BCUT2D eigenvalue weighted by Crippen LogP contribution is -2.22. The molecule has 0 saturated carbocycles. The molecule has 0 unspecified atom stereocenters. The fraction of sp³-hybridized carbons (Fsp3) is 0.222. The third-order valence-electron chi connectivity index (χ3n) is 3.55. The molecule has 0 aliphatic carbocycles. The predicted molar refractivity (Wildman–Crippen MR) is 107 cm³/mol. The third-order valence-corrected chi connectivity index (χ3v) is 7.41. The summed E-state index contributed by atoms with van der Waals surface area (Å²) in [6.07, 6.45) is 0.571. The SMILES string of the molecule is CC(=O)NCCc1ccc(S(=O)(=O)Oc2ccc(-c3nc(C)cs3)cc2)s1. The van der Waals surface area contributed by atoms with Crippen LogP contribution in [0.2, 0.25) is 0 Å². The Morgan fingerprint density at radius 1 is 1.19 bits per heavy atom. The van der Waals surface area contributed by atoms with Gasteiger partial charge in [-0.25, -0.2) is 4.98 Å². The predicted octanol–water partition coefficient (Wildman–Crippen LogP) is 3.63. The van der Waals surface area contributed by atoms with Gasteiger partial charge >= 0.3 is 10.1 Å². The molecule has 3 aromatic rings. The van der Waals surface area contributed by atoms with Crippen molar-refractivity contribution in [3.8, 4) is 16.3 Å². The van der Waals surface area contributed by atoms with Crippen molar-refractivity contribution >= 4 is 38.7 Å². The molecule has 0 bridgehead atoms. The average molecular weight is 423 g/mol. The number of amides is 1. The normalized spacial score (nSPS) is 11.3. The minimum absolute atomic E-state index is 0.112. The van der Waals surface area contributed by atoms with Gasteiger partial charge in [-0.2, -0.15) is 8.42 Å². The highest BCUT2D eigenvalue weighted by Gasteiger charge is 2.19. The second-order valence-corrected chi connectivity index (χ2v) is 9.61. The molecule has 0 spiro atoms. The zero-order valence-corrected chi connectivity index (χ0v) is 17.2. The van der Waals surface area contributed by atoms with Gasteiger partial charge in [0.2, 0.25) is 5.91 Å². The second kappa shape index (κ2) is 8.20. The van der Waals surface area contributed by atoms with E-state index in [0.29, 0.717) is 13.0 Å². The third kappa shape index (κ3) is 5.15. The molecule has 2 aromatic heterocycles. The van der Waals surface area contributed by atoms with E-state index >= 15 is 0 Å². The molecule has 1 N–H and O–H groups in total. The van der Waals surface area contributed by atoms with E-state index in [1.165, 1.54) is 24.3 Å². The van der Waals surface area contributed by atoms with Crippen LogP contribution in [0.25, 0.3) is 10.6 Å². The number of aryl methyl sites for hydroxylation is 1. The van der Waals surface area contributed by atoms with E-state index in [2.05, 4.69) is 10.3 Å². The Morgan fingerprint density at radius 2 is 1.93 bits per heavy atom. The summed E-state index contributed by atoms with van der Waals surface area (Å²) in [4.78, 5) is 16.2. The summed E-state index contributed by atoms with van der Waals surface area (Å²) in [6, 6.07) is 10.1. The molecule has 0 fully saturated rings. The number of carbonyl (C=O) groups is 1. The minimum atomic E-state index is -3.89. The maximum atomic E-state index is 12.5. The van der Waals surface area contributed by atoms with E-state index < -0.39 is 10.1 Å². The number of thiophene rings is 1. The van der Waals surface area contributed by atoms with Gasteiger partial charge in [-0.15, -0.1) is 22.7 Å². The Morgan fingerprint density at radius 3 is 2.56 bits per heavy atom. The van der Waals surface area contributed by atoms with Crippen LogP contribution in [0.1, 0.15) is 17.5 Å². The molecule has 3 rings (SSSR count). The van der Waals surface area contributed by atoms with Crippen LogP contribution in [0.3, 0.4) is 0 Å². The number of rotatable bonds is 7. The van der Waals surface area contributed by atoms with Crippen LogP contribution in [0.4, 0.5) is 0 Å². The monoisotopic (exact) mass is 422 g/mol. The standard InChI is InChI=1S/C18H18N2O4S3/c1-12-11-25-18(20-12)14-3-5-15(6-4-14)24-27(22,23)17-8-7-16(26-17)9-10-19-13(2)21/h3-8,11H,9-10H2,1-2H3,(H,19,21). The molecule has 6 nitrogen and oxygen atoms in total. The fourth-order valence-electron chi connectivity index (χ4n) is 2.30. The Labute approximate surface area is 166 Å². The van der Waals surface area contributed by atoms with Crippen LogP contribution in [0, 0.1) is 6.92 Å². The summed E-state index contributed by atoms with van der Waals surface area (Å²) in [6.45, 7) is 3.84. The van der Waals surface area contributed by atoms with Crippen molar-refractivity contribution in [2.75, 3.05) is 6.54 Å². The molecule has 0 saturated heterocycles. The number of hydrogen-bond donors (Lipinski definition) is 1. The quantitative estimate of drug-likeness (QED) is 0.588. The van der Waals surface area contributed by atoms with Gasteiger partial charge in [-0.05, 0) is 49.7 Å². The number of benzene rings is 1. The Hall–Kier alpha value is -2.23. The summed E-state index contributed by atoms with van der Waals surface area (Å²) in [5, 5.41) is 5.53. The highest BCUT2D eigenvalue weighted by Crippen LogP contribution is 2.28. The van der Waals surface area contributed by atoms with Crippen LogP contribution < -0.4 is 9.50 Å². The fourth-order valence-corrected chi connectivity index (χ4v) is 5.35. The van der Waals surface area contributed by atoms with Crippen molar-refractivity contribution in [1.82, 2.24) is 10.3 Å². The first kappa shape index (κ1) is 19.5. The van der Waals surface area contributed by atoms with Gasteiger partial charge in [0.15, 0.2) is 4.21 Å². The van der Waals surface area contributed by atoms with Crippen molar-refractivity contribution in [2.45, 2.75) is 24.5 Å². The molecule has 9 heteroatoms. The maximum absolute atomic E-state index is 12.5. The van der Waals surface area contributed by atoms with Gasteiger partial charge < -0.3 is 9.50 Å². The molecule has 0 aliphatic rings. The second-order valence-electron chi connectivity index (χ2n) is 5.81. The van der Waals surface area contributed by atoms with E-state index in [-0.39, 0.29) is 15.9 Å². The van der Waals surface area contributed by atoms with Gasteiger partial charge in [-0.3, -0.25) is 4.79 Å². The lowest BCUT2D eigenvalue weighted by molar-refractivity contribution is -0.118. The molecule has 27 heavy (non-hydrogen) atoms. The molecule has 0 aliphatic heterocycles. The highest BCUT2D eigenvalue weighted by molar-refractivity contribution is 7.89. The van der Waals surface area contributed by atoms with Crippen molar-refractivity contribution in [1.29, 1.82) is 0 Å². The summed E-state index contributed by atoms with van der Waals surface area (Å²) in [5.74, 6) is 0.138. The van der Waals surface area contributed by atoms with Gasteiger partial charge in [-0.1, -0.05) is 0 Å². The first-order valence-corrected chi connectivity index (χ1v) is 11.2. The van der Waals surface area contributed by atoms with Crippen molar-refractivity contribution in [3.05, 3.63) is 52.3 Å². The molecule has 2 heterocycles. The largest absolute Gasteiger partial charge is 0.378 e. The Bertz CT molecular complexity index is 1040. The van der Waals surface area contributed by atoms with E-state index in [4.69, 9.17) is 4.18 Å². The maximum Gasteiger partial charge on any atom is 0.348 e. The molecular formula is C18H18N2O4S3. The Balaban J connectivity index is 1.67. The highest BCUT2D eigenvalue weighted by atomic mass is 32.3. The summed E-state index contributed by atoms with van der Waals surface area (Å²) in [7, 11) is -3.89. The van der Waals surface area contributed by atoms with Crippen LogP contribution in [-0.2, 0) is 21.3 Å². The number of nitrogens with one attached hydrogen (secondary N) is 1. The van der Waals surface area contributed by atoms with E-state index in [1.54, 1.807) is 30.3 Å². The van der Waals surface area contributed by atoms with Crippen LogP contribution in [0.15, 0.2) is 46.0 Å². The smallest absolute Gasteiger partial charge is 0.348 e. The molecule has 142 valence electrons. The molecule has 0 radical (unpaired) electrons. The van der Waals surface area contributed by atoms with Crippen LogP contribution in [0.5, 0.6) is 5.75 Å². The summed E-state index contributed by atoms with van der Waals surface area (Å²) >= 11 is 2.68. The lowest BCUT2D eigenvalue weighted by Gasteiger charge is -2.05. The van der Waals surface area contributed by atoms with Crippen molar-refractivity contribution < 1.29 is 17.4 Å². The molecule has 1 amide bonds. The number of aromatic nitrogens is 1. The van der Waals surface area contributed by atoms with Crippen LogP contribution in [-0.4, -0.2) is 25.9 Å². The lowest BCUT2D eigenvalue weighted by atomic mass is 10.2. The number of nitrogens with zero attached hydrogens (tertiary/aromatic N) is 1. The number of carbonyl (C=O) groups excluding carboxylic acids is 1. The molecule has 0 atom stereocenters.